The van der Waals surface area contributed by atoms with E-state index in [4.69, 9.17) is 0 Å². The highest BCUT2D eigenvalue weighted by atomic mass is 16.1. The van der Waals surface area contributed by atoms with E-state index in [1.54, 1.807) is 0 Å². The number of hydrogen-bond donors (Lipinski definition) is 2. The summed E-state index contributed by atoms with van der Waals surface area (Å²) in [5, 5.41) is 6.23. The molecule has 0 saturated carbocycles. The van der Waals surface area contributed by atoms with E-state index in [9.17, 15) is 4.79 Å². The molecule has 0 aliphatic rings. The second kappa shape index (κ2) is 8.51. The van der Waals surface area contributed by atoms with Gasteiger partial charge >= 0.3 is 0 Å². The van der Waals surface area contributed by atoms with Crippen LogP contribution in [0, 0.1) is 17.8 Å². The Bertz CT molecular complexity index is 206. The zero-order valence-corrected chi connectivity index (χ0v) is 12.3. The largest absolute Gasteiger partial charge is 0.353 e. The van der Waals surface area contributed by atoms with E-state index in [1.165, 1.54) is 0 Å². The molecule has 3 heteroatoms. The highest BCUT2D eigenvalue weighted by Crippen LogP contribution is 2.19. The van der Waals surface area contributed by atoms with Crippen LogP contribution in [0.5, 0.6) is 0 Å². The third-order valence-corrected chi connectivity index (χ3v) is 3.40. The minimum Gasteiger partial charge on any atom is -0.353 e. The average molecular weight is 242 g/mol. The molecule has 0 heterocycles. The van der Waals surface area contributed by atoms with Crippen molar-refractivity contribution in [2.24, 2.45) is 17.8 Å². The van der Waals surface area contributed by atoms with Crippen LogP contribution < -0.4 is 10.6 Å². The molecule has 1 unspecified atom stereocenters. The quantitative estimate of drug-likeness (QED) is 0.686. The van der Waals surface area contributed by atoms with Gasteiger partial charge in [0.25, 0.3) is 0 Å². The van der Waals surface area contributed by atoms with Crippen molar-refractivity contribution in [3.63, 3.8) is 0 Å². The Balaban J connectivity index is 3.85. The first-order valence-corrected chi connectivity index (χ1v) is 6.88. The maximum absolute atomic E-state index is 11.6. The van der Waals surface area contributed by atoms with Gasteiger partial charge in [0.2, 0.25) is 5.91 Å². The maximum Gasteiger partial charge on any atom is 0.234 e. The molecule has 2 N–H and O–H groups in total. The van der Waals surface area contributed by atoms with E-state index in [-0.39, 0.29) is 11.9 Å². The van der Waals surface area contributed by atoms with Gasteiger partial charge in [-0.3, -0.25) is 4.79 Å². The highest BCUT2D eigenvalue weighted by molar-refractivity contribution is 5.78. The molecule has 3 nitrogen and oxygen atoms in total. The van der Waals surface area contributed by atoms with Crippen LogP contribution in [0.3, 0.4) is 0 Å². The Morgan fingerprint density at radius 3 is 2.00 bits per heavy atom. The van der Waals surface area contributed by atoms with E-state index in [2.05, 4.69) is 45.3 Å². The zero-order chi connectivity index (χ0) is 13.4. The number of carbonyl (C=O) groups excluding carboxylic acids is 1. The lowest BCUT2D eigenvalue weighted by Crippen LogP contribution is -2.41. The van der Waals surface area contributed by atoms with E-state index >= 15 is 0 Å². The van der Waals surface area contributed by atoms with Gasteiger partial charge in [0.15, 0.2) is 0 Å². The summed E-state index contributed by atoms with van der Waals surface area (Å²) in [6, 6.07) is 0.273. The second-order valence-corrected chi connectivity index (χ2v) is 5.66. The van der Waals surface area contributed by atoms with Gasteiger partial charge in [-0.2, -0.15) is 0 Å². The smallest absolute Gasteiger partial charge is 0.234 e. The van der Waals surface area contributed by atoms with Crippen LogP contribution in [-0.2, 0) is 4.79 Å². The number of carbonyl (C=O) groups is 1. The average Bonchev–Trinajstić information content (AvgIpc) is 2.22. The van der Waals surface area contributed by atoms with E-state index < -0.39 is 0 Å². The monoisotopic (exact) mass is 242 g/mol. The second-order valence-electron chi connectivity index (χ2n) is 5.66. The molecule has 0 spiro atoms. The van der Waals surface area contributed by atoms with E-state index in [1.807, 2.05) is 6.92 Å². The summed E-state index contributed by atoms with van der Waals surface area (Å²) >= 11 is 0. The Morgan fingerprint density at radius 1 is 1.06 bits per heavy atom. The molecular formula is C14H30N2O. The third kappa shape index (κ3) is 7.37. The first-order chi connectivity index (χ1) is 7.88. The Hall–Kier alpha value is -0.570. The Kier molecular flexibility index (Phi) is 8.23. The van der Waals surface area contributed by atoms with Gasteiger partial charge in [0, 0.05) is 6.04 Å². The lowest BCUT2D eigenvalue weighted by molar-refractivity contribution is -0.120. The van der Waals surface area contributed by atoms with Crippen LogP contribution in [-0.4, -0.2) is 25.0 Å². The molecule has 17 heavy (non-hydrogen) atoms. The van der Waals surface area contributed by atoms with Gasteiger partial charge in [-0.1, -0.05) is 34.6 Å². The van der Waals surface area contributed by atoms with Crippen molar-refractivity contribution < 1.29 is 4.79 Å². The summed E-state index contributed by atoms with van der Waals surface area (Å²) in [5.41, 5.74) is 0. The van der Waals surface area contributed by atoms with Crippen molar-refractivity contribution in [2.45, 2.75) is 54.0 Å². The lowest BCUT2D eigenvalue weighted by Gasteiger charge is -2.25. The molecule has 0 aromatic heterocycles. The molecule has 0 aromatic rings. The van der Waals surface area contributed by atoms with E-state index in [0.717, 1.165) is 13.0 Å². The minimum atomic E-state index is 0.102. The summed E-state index contributed by atoms with van der Waals surface area (Å²) in [6.45, 7) is 14.4. The van der Waals surface area contributed by atoms with Gasteiger partial charge in [-0.05, 0) is 37.6 Å². The van der Waals surface area contributed by atoms with Crippen LogP contribution in [0.25, 0.3) is 0 Å². The van der Waals surface area contributed by atoms with Crippen molar-refractivity contribution in [3.8, 4) is 0 Å². The molecule has 102 valence electrons. The molecule has 0 bridgehead atoms. The normalized spacial score (nSPS) is 13.5. The molecule has 0 fully saturated rings. The van der Waals surface area contributed by atoms with Gasteiger partial charge < -0.3 is 10.6 Å². The summed E-state index contributed by atoms with van der Waals surface area (Å²) < 4.78 is 0. The van der Waals surface area contributed by atoms with Crippen molar-refractivity contribution in [2.75, 3.05) is 13.1 Å². The maximum atomic E-state index is 11.6. The van der Waals surface area contributed by atoms with Crippen molar-refractivity contribution in [1.82, 2.24) is 10.6 Å². The molecule has 0 saturated heterocycles. The third-order valence-electron chi connectivity index (χ3n) is 3.40. The van der Waals surface area contributed by atoms with Crippen LogP contribution in [0.4, 0.5) is 0 Å². The van der Waals surface area contributed by atoms with Gasteiger partial charge in [-0.25, -0.2) is 0 Å². The molecule has 0 radical (unpaired) electrons. The molecular weight excluding hydrogens is 212 g/mol. The fourth-order valence-corrected chi connectivity index (χ4v) is 2.02. The number of amides is 1. The fourth-order valence-electron chi connectivity index (χ4n) is 2.02. The van der Waals surface area contributed by atoms with Gasteiger partial charge in [-0.15, -0.1) is 0 Å². The molecule has 1 amide bonds. The molecule has 0 aliphatic carbocycles. The molecule has 1 atom stereocenters. The van der Waals surface area contributed by atoms with Crippen LogP contribution >= 0.6 is 0 Å². The minimum absolute atomic E-state index is 0.102. The van der Waals surface area contributed by atoms with Crippen molar-refractivity contribution in [3.05, 3.63) is 0 Å². The zero-order valence-electron chi connectivity index (χ0n) is 12.3. The number of hydrogen-bond acceptors (Lipinski definition) is 2. The van der Waals surface area contributed by atoms with Gasteiger partial charge in [0.1, 0.15) is 0 Å². The summed E-state index contributed by atoms with van der Waals surface area (Å²) in [4.78, 5) is 11.6. The van der Waals surface area contributed by atoms with Gasteiger partial charge in [0.05, 0.1) is 6.54 Å². The molecule has 0 aliphatic heterocycles. The Morgan fingerprint density at radius 2 is 1.59 bits per heavy atom. The van der Waals surface area contributed by atoms with Crippen molar-refractivity contribution in [1.29, 1.82) is 0 Å². The SMILES string of the molecule is CCC(C)NC(=O)CNCC(C(C)C)C(C)C. The molecule has 0 rings (SSSR count). The summed E-state index contributed by atoms with van der Waals surface area (Å²) in [7, 11) is 0. The predicted molar refractivity (Wildman–Crippen MR) is 73.9 cm³/mol. The number of nitrogens with one attached hydrogen (secondary N) is 2. The summed E-state index contributed by atoms with van der Waals surface area (Å²) in [5.74, 6) is 2.04. The topological polar surface area (TPSA) is 41.1 Å². The standard InChI is InChI=1S/C14H30N2O/c1-7-12(6)16-14(17)9-15-8-13(10(2)3)11(4)5/h10-13,15H,7-9H2,1-6H3,(H,16,17). The Labute approximate surface area is 107 Å². The van der Waals surface area contributed by atoms with Crippen LogP contribution in [0.1, 0.15) is 48.0 Å². The lowest BCUT2D eigenvalue weighted by atomic mass is 9.85. The van der Waals surface area contributed by atoms with Crippen LogP contribution in [0.2, 0.25) is 0 Å². The first kappa shape index (κ1) is 16.4. The predicted octanol–water partition coefficient (Wildman–Crippen LogP) is 2.42. The highest BCUT2D eigenvalue weighted by Gasteiger charge is 2.17. The number of rotatable bonds is 8. The summed E-state index contributed by atoms with van der Waals surface area (Å²) in [6.07, 6.45) is 0.979. The first-order valence-electron chi connectivity index (χ1n) is 6.88. The van der Waals surface area contributed by atoms with Crippen LogP contribution in [0.15, 0.2) is 0 Å². The van der Waals surface area contributed by atoms with Crippen molar-refractivity contribution >= 4 is 5.91 Å². The van der Waals surface area contributed by atoms with E-state index in [0.29, 0.717) is 24.3 Å². The molecule has 0 aromatic carbocycles. The fraction of sp³-hybridized carbons (Fsp3) is 0.929.